The van der Waals surface area contributed by atoms with Gasteiger partial charge in [-0.3, -0.25) is 4.79 Å². The van der Waals surface area contributed by atoms with E-state index in [2.05, 4.69) is 12.2 Å². The van der Waals surface area contributed by atoms with Crippen molar-refractivity contribution >= 4 is 5.91 Å². The zero-order chi connectivity index (χ0) is 13.9. The largest absolute Gasteiger partial charge is 0.388 e. The zero-order valence-electron chi connectivity index (χ0n) is 12.2. The molecule has 0 aromatic carbocycles. The third-order valence-corrected chi connectivity index (χ3v) is 4.75. The highest BCUT2D eigenvalue weighted by Gasteiger charge is 2.36. The molecular weight excluding hydrogens is 242 g/mol. The maximum Gasteiger partial charge on any atom is 0.225 e. The summed E-state index contributed by atoms with van der Waals surface area (Å²) in [6, 6.07) is 0. The van der Waals surface area contributed by atoms with Crippen LogP contribution < -0.4 is 5.32 Å². The van der Waals surface area contributed by atoms with Crippen LogP contribution in [0.25, 0.3) is 0 Å². The number of hydrogen-bond donors (Lipinski definition) is 2. The van der Waals surface area contributed by atoms with Gasteiger partial charge in [0.15, 0.2) is 0 Å². The standard InChI is InChI=1S/C15H27NO3/c1-3-13-12(6-9-19-13)14(17)16-10-15(18)7-4-11(2)5-8-15/h11-13,18H,3-10H2,1-2H3,(H,16,17). The molecule has 2 unspecified atom stereocenters. The minimum absolute atomic E-state index is 0.0314. The Hall–Kier alpha value is -0.610. The molecule has 4 heteroatoms. The van der Waals surface area contributed by atoms with Crippen molar-refractivity contribution in [2.75, 3.05) is 13.2 Å². The molecule has 1 amide bonds. The van der Waals surface area contributed by atoms with Crippen molar-refractivity contribution < 1.29 is 14.6 Å². The molecule has 1 heterocycles. The van der Waals surface area contributed by atoms with Gasteiger partial charge in [-0.05, 0) is 44.4 Å². The van der Waals surface area contributed by atoms with Crippen molar-refractivity contribution in [1.82, 2.24) is 5.32 Å². The van der Waals surface area contributed by atoms with Gasteiger partial charge in [0.2, 0.25) is 5.91 Å². The molecule has 0 aromatic rings. The van der Waals surface area contributed by atoms with E-state index in [1.807, 2.05) is 6.92 Å². The molecule has 1 aliphatic heterocycles. The van der Waals surface area contributed by atoms with E-state index in [0.717, 1.165) is 38.5 Å². The van der Waals surface area contributed by atoms with Gasteiger partial charge in [-0.1, -0.05) is 13.8 Å². The molecule has 0 radical (unpaired) electrons. The van der Waals surface area contributed by atoms with Crippen LogP contribution in [0.2, 0.25) is 0 Å². The van der Waals surface area contributed by atoms with Gasteiger partial charge < -0.3 is 15.2 Å². The van der Waals surface area contributed by atoms with Crippen molar-refractivity contribution in [2.45, 2.75) is 64.1 Å². The Bertz CT molecular complexity index is 311. The van der Waals surface area contributed by atoms with Crippen LogP contribution in [-0.2, 0) is 9.53 Å². The average Bonchev–Trinajstić information content (AvgIpc) is 2.88. The highest BCUT2D eigenvalue weighted by Crippen LogP contribution is 2.31. The second-order valence-electron chi connectivity index (χ2n) is 6.34. The maximum atomic E-state index is 12.2. The monoisotopic (exact) mass is 269 g/mol. The summed E-state index contributed by atoms with van der Waals surface area (Å²) in [4.78, 5) is 12.2. The second-order valence-corrected chi connectivity index (χ2v) is 6.34. The Morgan fingerprint density at radius 2 is 2.05 bits per heavy atom. The van der Waals surface area contributed by atoms with Crippen LogP contribution in [0, 0.1) is 11.8 Å². The summed E-state index contributed by atoms with van der Waals surface area (Å²) in [5.41, 5.74) is -0.691. The van der Waals surface area contributed by atoms with E-state index in [4.69, 9.17) is 4.74 Å². The SMILES string of the molecule is CCC1OCCC1C(=O)NCC1(O)CCC(C)CC1. The molecule has 0 bridgehead atoms. The predicted molar refractivity (Wildman–Crippen MR) is 73.7 cm³/mol. The van der Waals surface area contributed by atoms with Crippen LogP contribution in [0.5, 0.6) is 0 Å². The molecule has 2 fully saturated rings. The molecule has 2 rings (SSSR count). The summed E-state index contributed by atoms with van der Waals surface area (Å²) < 4.78 is 5.54. The van der Waals surface area contributed by atoms with Gasteiger partial charge in [-0.25, -0.2) is 0 Å². The zero-order valence-corrected chi connectivity index (χ0v) is 12.2. The van der Waals surface area contributed by atoms with Crippen molar-refractivity contribution in [3.8, 4) is 0 Å². The van der Waals surface area contributed by atoms with Crippen LogP contribution in [0.4, 0.5) is 0 Å². The minimum Gasteiger partial charge on any atom is -0.388 e. The number of aliphatic hydroxyl groups is 1. The first-order chi connectivity index (χ1) is 9.04. The number of nitrogens with one attached hydrogen (secondary N) is 1. The lowest BCUT2D eigenvalue weighted by molar-refractivity contribution is -0.128. The van der Waals surface area contributed by atoms with Crippen LogP contribution in [0.1, 0.15) is 52.4 Å². The van der Waals surface area contributed by atoms with Crippen LogP contribution in [0.3, 0.4) is 0 Å². The molecular formula is C15H27NO3. The average molecular weight is 269 g/mol. The summed E-state index contributed by atoms with van der Waals surface area (Å²) in [5, 5.41) is 13.4. The van der Waals surface area contributed by atoms with Gasteiger partial charge in [-0.15, -0.1) is 0 Å². The van der Waals surface area contributed by atoms with E-state index >= 15 is 0 Å². The fraction of sp³-hybridized carbons (Fsp3) is 0.933. The summed E-state index contributed by atoms with van der Waals surface area (Å²) in [6.45, 7) is 5.34. The molecule has 1 saturated carbocycles. The van der Waals surface area contributed by atoms with E-state index < -0.39 is 5.60 Å². The van der Waals surface area contributed by atoms with E-state index in [1.54, 1.807) is 0 Å². The highest BCUT2D eigenvalue weighted by molar-refractivity contribution is 5.79. The Balaban J connectivity index is 1.80. The third kappa shape index (κ3) is 3.69. The van der Waals surface area contributed by atoms with Crippen LogP contribution in [0.15, 0.2) is 0 Å². The summed E-state index contributed by atoms with van der Waals surface area (Å²) in [7, 11) is 0. The number of hydrogen-bond acceptors (Lipinski definition) is 3. The van der Waals surface area contributed by atoms with Crippen molar-refractivity contribution in [1.29, 1.82) is 0 Å². The summed E-state index contributed by atoms with van der Waals surface area (Å²) in [5.74, 6) is 0.719. The van der Waals surface area contributed by atoms with E-state index in [1.165, 1.54) is 0 Å². The normalized spacial score (nSPS) is 39.2. The second kappa shape index (κ2) is 6.23. The predicted octanol–water partition coefficient (Wildman–Crippen LogP) is 1.86. The molecule has 19 heavy (non-hydrogen) atoms. The third-order valence-electron chi connectivity index (χ3n) is 4.75. The van der Waals surface area contributed by atoms with Gasteiger partial charge in [0, 0.05) is 13.2 Å². The smallest absolute Gasteiger partial charge is 0.225 e. The topological polar surface area (TPSA) is 58.6 Å². The number of amides is 1. The number of ether oxygens (including phenoxy) is 1. The van der Waals surface area contributed by atoms with E-state index in [0.29, 0.717) is 19.1 Å². The first kappa shape index (κ1) is 14.8. The lowest BCUT2D eigenvalue weighted by Crippen LogP contribution is -2.47. The summed E-state index contributed by atoms with van der Waals surface area (Å²) >= 11 is 0. The molecule has 110 valence electrons. The molecule has 2 atom stereocenters. The quantitative estimate of drug-likeness (QED) is 0.819. The number of carbonyl (C=O) groups excluding carboxylic acids is 1. The fourth-order valence-electron chi connectivity index (χ4n) is 3.21. The summed E-state index contributed by atoms with van der Waals surface area (Å²) in [6.07, 6.45) is 5.44. The highest BCUT2D eigenvalue weighted by atomic mass is 16.5. The Morgan fingerprint density at radius 3 is 2.68 bits per heavy atom. The molecule has 0 aromatic heterocycles. The Morgan fingerprint density at radius 1 is 1.37 bits per heavy atom. The molecule has 4 nitrogen and oxygen atoms in total. The van der Waals surface area contributed by atoms with Crippen LogP contribution >= 0.6 is 0 Å². The maximum absolute atomic E-state index is 12.2. The van der Waals surface area contributed by atoms with Gasteiger partial charge in [0.1, 0.15) is 0 Å². The van der Waals surface area contributed by atoms with E-state index in [-0.39, 0.29) is 17.9 Å². The molecule has 1 saturated heterocycles. The fourth-order valence-corrected chi connectivity index (χ4v) is 3.21. The molecule has 2 N–H and O–H groups in total. The number of carbonyl (C=O) groups is 1. The Kier molecular flexibility index (Phi) is 4.85. The lowest BCUT2D eigenvalue weighted by atomic mass is 9.79. The molecule has 2 aliphatic rings. The lowest BCUT2D eigenvalue weighted by Gasteiger charge is -2.35. The van der Waals surface area contributed by atoms with Crippen molar-refractivity contribution in [2.24, 2.45) is 11.8 Å². The molecule has 0 spiro atoms. The van der Waals surface area contributed by atoms with Crippen LogP contribution in [-0.4, -0.2) is 35.9 Å². The first-order valence-corrected chi connectivity index (χ1v) is 7.66. The van der Waals surface area contributed by atoms with Crippen molar-refractivity contribution in [3.63, 3.8) is 0 Å². The number of rotatable bonds is 4. The van der Waals surface area contributed by atoms with E-state index in [9.17, 15) is 9.90 Å². The van der Waals surface area contributed by atoms with Gasteiger partial charge >= 0.3 is 0 Å². The van der Waals surface area contributed by atoms with Gasteiger partial charge in [-0.2, -0.15) is 0 Å². The van der Waals surface area contributed by atoms with Gasteiger partial charge in [0.25, 0.3) is 0 Å². The van der Waals surface area contributed by atoms with Crippen molar-refractivity contribution in [3.05, 3.63) is 0 Å². The Labute approximate surface area is 115 Å². The molecule has 1 aliphatic carbocycles. The van der Waals surface area contributed by atoms with Gasteiger partial charge in [0.05, 0.1) is 17.6 Å². The minimum atomic E-state index is -0.691. The first-order valence-electron chi connectivity index (χ1n) is 7.66.